The van der Waals surface area contributed by atoms with E-state index >= 15 is 0 Å². The summed E-state index contributed by atoms with van der Waals surface area (Å²) in [5, 5.41) is 97.6. The topological polar surface area (TPSA) is 640 Å². The van der Waals surface area contributed by atoms with Crippen LogP contribution in [0.25, 0.3) is 10.4 Å². The molecule has 115 heavy (non-hydrogen) atoms. The zero-order chi connectivity index (χ0) is 87.1. The lowest BCUT2D eigenvalue weighted by Crippen LogP contribution is -2.59. The van der Waals surface area contributed by atoms with Gasteiger partial charge in [0, 0.05) is 98.0 Å². The van der Waals surface area contributed by atoms with Crippen molar-refractivity contribution in [2.75, 3.05) is 31.3 Å². The zero-order valence-electron chi connectivity index (χ0n) is 66.7. The number of benzene rings is 1. The molecule has 1 aromatic carbocycles. The maximum absolute atomic E-state index is 14.9. The molecule has 0 saturated carbocycles. The van der Waals surface area contributed by atoms with Crippen molar-refractivity contribution in [1.29, 1.82) is 0 Å². The lowest BCUT2D eigenvalue weighted by molar-refractivity contribution is -0.299. The molecule has 1 aromatic rings. The summed E-state index contributed by atoms with van der Waals surface area (Å²) in [7, 11) is 2.13. The van der Waals surface area contributed by atoms with E-state index in [2.05, 4.69) is 36.6 Å². The standard InChI is InChI=1S/C76H119N11O26S2/c1-10-40(7)48(74(110)85-54(37-115-114-24-23-112-76-69(105)68(104)67(103)61(36-88)113-76)58(93)31-46(25-38(3)4)72(108)82-51(26-39(5)6)56(91)28-44(70(79)106)17-20-63(97)98)33-59(94)53(35-65(101)102)84-75(111)49(42(9)89)34-60(95)66(41(8)11-2)86-71(107)45(21-22-81-87-80)29-57(92)52(27-43-15-13-12-14-16-43)83-73(109)47(32-64(99)100)30-55(90)50(77)18-19-62(78)96/h12-16,38-42,44-54,61,66-69,76,88-89,103-105H,10-11,17-37,77H2,1-9H3,(H2,78,96)(H2,79,106)(H,82,108)(H,83,109)(H,84,111)(H,85,110)(H,86,107)(H,97,98)(H,99,100)(H,101,102)/t40?,41?,42?,44-,45-,46-,47+,48+,49+,50+,51+,52+,53+,54+,61?,66+,67-,68+,69?,76+/m1/s1. The van der Waals surface area contributed by atoms with E-state index in [1.54, 1.807) is 85.7 Å². The zero-order valence-corrected chi connectivity index (χ0v) is 68.3. The third-order valence-electron chi connectivity index (χ3n) is 20.0. The molecular formula is C76H119N11O26S2. The molecule has 20 atom stereocenters. The van der Waals surface area contributed by atoms with Crippen molar-refractivity contribution in [3.8, 4) is 0 Å². The highest BCUT2D eigenvalue weighted by Gasteiger charge is 2.45. The van der Waals surface area contributed by atoms with E-state index in [9.17, 15) is 123 Å². The first kappa shape index (κ1) is 103. The number of primary amides is 2. The van der Waals surface area contributed by atoms with Crippen LogP contribution in [-0.2, 0) is 92.6 Å². The Morgan fingerprint density at radius 1 is 0.548 bits per heavy atom. The molecule has 1 saturated heterocycles. The van der Waals surface area contributed by atoms with Gasteiger partial charge in [-0.25, -0.2) is 0 Å². The summed E-state index contributed by atoms with van der Waals surface area (Å²) in [6.45, 7) is 13.4. The molecule has 0 aliphatic carbocycles. The molecule has 37 nitrogen and oxygen atoms in total. The van der Waals surface area contributed by atoms with Gasteiger partial charge in [-0.2, -0.15) is 0 Å². The molecule has 0 spiro atoms. The molecule has 1 aliphatic heterocycles. The van der Waals surface area contributed by atoms with Gasteiger partial charge in [-0.05, 0) is 80.2 Å². The normalized spacial score (nSPS) is 19.4. The van der Waals surface area contributed by atoms with Crippen molar-refractivity contribution in [2.45, 2.75) is 251 Å². The number of hydrogen-bond donors (Lipinski definition) is 16. The van der Waals surface area contributed by atoms with Crippen LogP contribution in [0.3, 0.4) is 0 Å². The van der Waals surface area contributed by atoms with Gasteiger partial charge >= 0.3 is 17.9 Å². The Balaban J connectivity index is 2.61. The number of hydrogen-bond acceptors (Lipinski definition) is 27. The van der Waals surface area contributed by atoms with Crippen molar-refractivity contribution in [1.82, 2.24) is 26.6 Å². The number of amides is 7. The fraction of sp³-hybridized carbons (Fsp3) is 0.711. The van der Waals surface area contributed by atoms with Gasteiger partial charge in [0.15, 0.2) is 35.2 Å². The van der Waals surface area contributed by atoms with Gasteiger partial charge in [0.2, 0.25) is 41.4 Å². The fourth-order valence-corrected chi connectivity index (χ4v) is 14.9. The highest BCUT2D eigenvalue weighted by molar-refractivity contribution is 8.76. The summed E-state index contributed by atoms with van der Waals surface area (Å²) in [4.78, 5) is 221. The number of carbonyl (C=O) groups is 16. The van der Waals surface area contributed by atoms with Crippen LogP contribution in [-0.4, -0.2) is 239 Å². The number of ketones is 6. The number of carboxylic acid groups (broad SMARTS) is 3. The lowest BCUT2D eigenvalue weighted by Gasteiger charge is -2.39. The van der Waals surface area contributed by atoms with Gasteiger partial charge in [-0.1, -0.05) is 125 Å². The fourth-order valence-electron chi connectivity index (χ4n) is 12.8. The van der Waals surface area contributed by atoms with Crippen molar-refractivity contribution in [2.24, 2.45) is 81.5 Å². The van der Waals surface area contributed by atoms with Crippen LogP contribution >= 0.6 is 21.6 Å². The van der Waals surface area contributed by atoms with Crippen LogP contribution in [0.4, 0.5) is 0 Å². The first-order valence-corrected chi connectivity index (χ1v) is 41.1. The quantitative estimate of drug-likeness (QED) is 0.0144. The summed E-state index contributed by atoms with van der Waals surface area (Å²) in [6, 6.07) is -0.739. The van der Waals surface area contributed by atoms with E-state index < -0.39 is 279 Å². The average molecular weight is 1670 g/mol. The molecule has 0 bridgehead atoms. The molecule has 19 N–H and O–H groups in total. The number of aliphatic hydroxyl groups excluding tert-OH is 5. The van der Waals surface area contributed by atoms with Gasteiger partial charge in [-0.3, -0.25) is 76.7 Å². The smallest absolute Gasteiger partial charge is 0.305 e. The first-order valence-electron chi connectivity index (χ1n) is 38.6. The highest BCUT2D eigenvalue weighted by atomic mass is 33.1. The second-order valence-corrected chi connectivity index (χ2v) is 32.9. The SMILES string of the molecule is CCC(C)[C@H](CC(=O)[C@H](CC(=O)O)NC(=O)[C@@H](CC(=O)[C@@H](NC(=O)[C@H](CCN=[N+]=[N-])CC(=O)[C@H](Cc1ccccc1)NC(=O)[C@H](CC(=O)O)CC(=O)[C@@H](N)CCC(N)=O)C(C)CC)C(C)O)C(=O)N[C@@H](CSSCCO[C@H]1OC(CO)[C@@H](O)[C@H](O)C1O)C(=O)C[C@@H](CC(C)C)C(=O)N[C@@H](CC(C)C)C(=O)C[C@@H](CCC(=O)O)C(N)=O. The van der Waals surface area contributed by atoms with E-state index in [0.717, 1.165) is 28.5 Å². The van der Waals surface area contributed by atoms with Crippen LogP contribution in [0.2, 0.25) is 0 Å². The molecule has 0 aromatic heterocycles. The summed E-state index contributed by atoms with van der Waals surface area (Å²) in [5.41, 5.74) is 26.4. The number of azide groups is 1. The molecule has 39 heteroatoms. The number of Topliss-reactive ketones (excluding diaryl/α,β-unsaturated/α-hetero) is 6. The number of nitrogens with two attached hydrogens (primary N) is 3. The number of ether oxygens (including phenoxy) is 2. The first-order chi connectivity index (χ1) is 54.0. The summed E-state index contributed by atoms with van der Waals surface area (Å²) < 4.78 is 11.0. The van der Waals surface area contributed by atoms with Crippen molar-refractivity contribution >= 4 is 116 Å². The summed E-state index contributed by atoms with van der Waals surface area (Å²) in [5.74, 6) is -26.2. The molecule has 1 heterocycles. The third-order valence-corrected chi connectivity index (χ3v) is 22.4. The molecular weight excluding hydrogens is 1550 g/mol. The minimum Gasteiger partial charge on any atom is -0.481 e. The number of carbonyl (C=O) groups excluding carboxylic acids is 13. The Hall–Kier alpha value is -8.37. The predicted octanol–water partition coefficient (Wildman–Crippen LogP) is 1.46. The molecule has 7 amide bonds. The van der Waals surface area contributed by atoms with Crippen LogP contribution < -0.4 is 43.8 Å². The van der Waals surface area contributed by atoms with Gasteiger partial charge < -0.3 is 94.1 Å². The van der Waals surface area contributed by atoms with Crippen molar-refractivity contribution < 1.29 is 127 Å². The summed E-state index contributed by atoms with van der Waals surface area (Å²) >= 11 is 0. The molecule has 2 rings (SSSR count). The highest BCUT2D eigenvalue weighted by Crippen LogP contribution is 2.30. The number of nitrogens with zero attached hydrogens (tertiary/aromatic N) is 3. The van der Waals surface area contributed by atoms with E-state index in [-0.39, 0.29) is 94.3 Å². The molecule has 646 valence electrons. The Morgan fingerprint density at radius 3 is 1.63 bits per heavy atom. The Kier molecular flexibility index (Phi) is 47.4. The van der Waals surface area contributed by atoms with Gasteiger partial charge in [0.1, 0.15) is 30.2 Å². The van der Waals surface area contributed by atoms with E-state index in [0.29, 0.717) is 5.56 Å². The van der Waals surface area contributed by atoms with Crippen LogP contribution in [0.1, 0.15) is 177 Å². The third kappa shape index (κ3) is 37.6. The molecule has 1 aliphatic rings. The minimum atomic E-state index is -1.94. The van der Waals surface area contributed by atoms with Crippen molar-refractivity contribution in [3.63, 3.8) is 0 Å². The average Bonchev–Trinajstić information content (AvgIpc) is 0.827. The molecule has 0 radical (unpaired) electrons. The minimum absolute atomic E-state index is 0.0601. The Labute approximate surface area is 676 Å². The number of nitrogens with one attached hydrogen (secondary N) is 5. The van der Waals surface area contributed by atoms with Gasteiger partial charge in [-0.15, -0.1) is 0 Å². The van der Waals surface area contributed by atoms with E-state index in [4.69, 9.17) is 26.7 Å². The maximum atomic E-state index is 14.9. The number of rotatable bonds is 61. The molecule has 5 unspecified atom stereocenters. The van der Waals surface area contributed by atoms with Crippen LogP contribution in [0, 0.1) is 59.2 Å². The van der Waals surface area contributed by atoms with Crippen LogP contribution in [0.5, 0.6) is 0 Å². The van der Waals surface area contributed by atoms with Crippen LogP contribution in [0.15, 0.2) is 35.4 Å². The number of aliphatic carboxylic acids is 3. The van der Waals surface area contributed by atoms with E-state index in [1.807, 2.05) is 0 Å². The second kappa shape index (κ2) is 53.1. The summed E-state index contributed by atoms with van der Waals surface area (Å²) in [6.07, 6.45) is -16.9. The Bertz CT molecular complexity index is 3480. The maximum Gasteiger partial charge on any atom is 0.305 e. The lowest BCUT2D eigenvalue weighted by atomic mass is 9.84. The number of aliphatic hydroxyl groups is 5. The predicted molar refractivity (Wildman–Crippen MR) is 418 cm³/mol. The van der Waals surface area contributed by atoms with E-state index in [1.165, 1.54) is 0 Å². The molecule has 1 fully saturated rings. The monoisotopic (exact) mass is 1670 g/mol. The van der Waals surface area contributed by atoms with Gasteiger partial charge in [0.25, 0.3) is 0 Å². The van der Waals surface area contributed by atoms with Crippen molar-refractivity contribution in [3.05, 3.63) is 46.3 Å². The number of carboxylic acids is 3. The largest absolute Gasteiger partial charge is 0.481 e. The Morgan fingerprint density at radius 2 is 1.07 bits per heavy atom. The van der Waals surface area contributed by atoms with Gasteiger partial charge in [0.05, 0.1) is 80.2 Å². The second-order valence-electron chi connectivity index (χ2n) is 30.3.